The predicted molar refractivity (Wildman–Crippen MR) is 70.4 cm³/mol. The van der Waals surface area contributed by atoms with E-state index in [0.29, 0.717) is 26.1 Å². The van der Waals surface area contributed by atoms with Crippen molar-refractivity contribution in [2.75, 3.05) is 26.9 Å². The Kier molecular flexibility index (Phi) is 7.58. The molecule has 0 aliphatic rings. The van der Waals surface area contributed by atoms with E-state index in [1.807, 2.05) is 24.3 Å². The molecule has 114 valence electrons. The molecule has 1 aromatic rings. The van der Waals surface area contributed by atoms with Gasteiger partial charge < -0.3 is 14.8 Å². The number of alkyl halides is 3. The molecule has 3 nitrogen and oxygen atoms in total. The molecule has 1 rings (SSSR count). The van der Waals surface area contributed by atoms with E-state index in [1.54, 1.807) is 7.11 Å². The van der Waals surface area contributed by atoms with Gasteiger partial charge in [-0.2, -0.15) is 13.2 Å². The largest absolute Gasteiger partial charge is 0.411 e. The molecule has 0 saturated carbocycles. The SMILES string of the molecule is COCc1ccccc1CNCCCOCC(F)(F)F. The summed E-state index contributed by atoms with van der Waals surface area (Å²) in [5.74, 6) is 0. The molecule has 1 N–H and O–H groups in total. The molecular formula is C14H20F3NO2. The molecule has 0 radical (unpaired) electrons. The Labute approximate surface area is 117 Å². The lowest BCUT2D eigenvalue weighted by molar-refractivity contribution is -0.173. The molecule has 0 aliphatic heterocycles. The van der Waals surface area contributed by atoms with E-state index >= 15 is 0 Å². The number of halogens is 3. The highest BCUT2D eigenvalue weighted by molar-refractivity contribution is 5.26. The second kappa shape index (κ2) is 8.94. The number of methoxy groups -OCH3 is 1. The predicted octanol–water partition coefficient (Wildman–Crippen LogP) is 2.89. The average molecular weight is 291 g/mol. The number of benzene rings is 1. The molecule has 20 heavy (non-hydrogen) atoms. The molecule has 0 spiro atoms. The summed E-state index contributed by atoms with van der Waals surface area (Å²) in [4.78, 5) is 0. The van der Waals surface area contributed by atoms with Crippen LogP contribution in [0.4, 0.5) is 13.2 Å². The fourth-order valence-electron chi connectivity index (χ4n) is 1.74. The first-order chi connectivity index (χ1) is 9.53. The number of nitrogens with one attached hydrogen (secondary N) is 1. The van der Waals surface area contributed by atoms with Crippen molar-refractivity contribution in [2.24, 2.45) is 0 Å². The van der Waals surface area contributed by atoms with E-state index < -0.39 is 12.8 Å². The standard InChI is InChI=1S/C14H20F3NO2/c1-19-10-13-6-3-2-5-12(13)9-18-7-4-8-20-11-14(15,16)17/h2-3,5-6,18H,4,7-11H2,1H3. The number of hydrogen-bond donors (Lipinski definition) is 1. The summed E-state index contributed by atoms with van der Waals surface area (Å²) in [6.07, 6.45) is -3.70. The minimum absolute atomic E-state index is 0.103. The summed E-state index contributed by atoms with van der Waals surface area (Å²) < 4.78 is 45.1. The van der Waals surface area contributed by atoms with E-state index in [2.05, 4.69) is 10.1 Å². The lowest BCUT2D eigenvalue weighted by Crippen LogP contribution is -2.20. The van der Waals surface area contributed by atoms with Crippen molar-refractivity contribution in [3.05, 3.63) is 35.4 Å². The number of rotatable bonds is 9. The van der Waals surface area contributed by atoms with Crippen molar-refractivity contribution in [3.8, 4) is 0 Å². The van der Waals surface area contributed by atoms with Crippen molar-refractivity contribution in [1.82, 2.24) is 5.32 Å². The Morgan fingerprint density at radius 2 is 1.85 bits per heavy atom. The monoisotopic (exact) mass is 291 g/mol. The van der Waals surface area contributed by atoms with Crippen molar-refractivity contribution in [2.45, 2.75) is 25.7 Å². The third-order valence-corrected chi connectivity index (χ3v) is 2.64. The zero-order valence-electron chi connectivity index (χ0n) is 11.5. The summed E-state index contributed by atoms with van der Waals surface area (Å²) in [5.41, 5.74) is 2.24. The van der Waals surface area contributed by atoms with Gasteiger partial charge in [0.15, 0.2) is 0 Å². The summed E-state index contributed by atoms with van der Waals surface area (Å²) in [7, 11) is 1.64. The van der Waals surface area contributed by atoms with Gasteiger partial charge in [0.2, 0.25) is 0 Å². The minimum atomic E-state index is -4.24. The van der Waals surface area contributed by atoms with Crippen LogP contribution in [-0.4, -0.2) is 33.0 Å². The first-order valence-corrected chi connectivity index (χ1v) is 6.44. The molecule has 0 bridgehead atoms. The van der Waals surface area contributed by atoms with Crippen LogP contribution >= 0.6 is 0 Å². The highest BCUT2D eigenvalue weighted by Gasteiger charge is 2.27. The quantitative estimate of drug-likeness (QED) is 0.710. The topological polar surface area (TPSA) is 30.5 Å². The van der Waals surface area contributed by atoms with Crippen molar-refractivity contribution >= 4 is 0 Å². The van der Waals surface area contributed by atoms with Gasteiger partial charge in [-0.05, 0) is 24.1 Å². The maximum atomic E-state index is 11.8. The Bertz CT molecular complexity index is 383. The summed E-state index contributed by atoms with van der Waals surface area (Å²) in [6, 6.07) is 7.89. The zero-order chi connectivity index (χ0) is 14.8. The second-order valence-electron chi connectivity index (χ2n) is 4.40. The average Bonchev–Trinajstić information content (AvgIpc) is 2.38. The van der Waals surface area contributed by atoms with Crippen LogP contribution in [0.25, 0.3) is 0 Å². The molecule has 0 aromatic heterocycles. The Morgan fingerprint density at radius 1 is 1.15 bits per heavy atom. The van der Waals surface area contributed by atoms with Gasteiger partial charge in [-0.15, -0.1) is 0 Å². The molecule has 0 atom stereocenters. The molecule has 6 heteroatoms. The fraction of sp³-hybridized carbons (Fsp3) is 0.571. The van der Waals surface area contributed by atoms with Gasteiger partial charge in [-0.1, -0.05) is 24.3 Å². The van der Waals surface area contributed by atoms with E-state index in [9.17, 15) is 13.2 Å². The van der Waals surface area contributed by atoms with Crippen molar-refractivity contribution in [3.63, 3.8) is 0 Å². The van der Waals surface area contributed by atoms with Gasteiger partial charge in [-0.25, -0.2) is 0 Å². The van der Waals surface area contributed by atoms with E-state index in [-0.39, 0.29) is 6.61 Å². The molecular weight excluding hydrogens is 271 g/mol. The molecule has 0 amide bonds. The molecule has 0 saturated heterocycles. The smallest absolute Gasteiger partial charge is 0.380 e. The van der Waals surface area contributed by atoms with Crippen LogP contribution in [0.2, 0.25) is 0 Å². The molecule has 1 aromatic carbocycles. The highest BCUT2D eigenvalue weighted by atomic mass is 19.4. The maximum absolute atomic E-state index is 11.8. The van der Waals surface area contributed by atoms with Gasteiger partial charge in [0.05, 0.1) is 6.61 Å². The Balaban J connectivity index is 2.15. The summed E-state index contributed by atoms with van der Waals surface area (Å²) in [6.45, 7) is 0.750. The van der Waals surface area contributed by atoms with Crippen molar-refractivity contribution in [1.29, 1.82) is 0 Å². The summed E-state index contributed by atoms with van der Waals surface area (Å²) >= 11 is 0. The van der Waals surface area contributed by atoms with E-state index in [0.717, 1.165) is 11.1 Å². The van der Waals surface area contributed by atoms with Gasteiger partial charge in [0.1, 0.15) is 6.61 Å². The van der Waals surface area contributed by atoms with Crippen LogP contribution in [0.15, 0.2) is 24.3 Å². The normalized spacial score (nSPS) is 11.8. The maximum Gasteiger partial charge on any atom is 0.411 e. The molecule has 0 unspecified atom stereocenters. The zero-order valence-corrected chi connectivity index (χ0v) is 11.5. The van der Waals surface area contributed by atoms with Crippen LogP contribution < -0.4 is 5.32 Å². The van der Waals surface area contributed by atoms with Gasteiger partial charge in [0, 0.05) is 20.3 Å². The number of hydrogen-bond acceptors (Lipinski definition) is 3. The van der Waals surface area contributed by atoms with E-state index in [1.165, 1.54) is 0 Å². The third kappa shape index (κ3) is 7.47. The summed E-state index contributed by atoms with van der Waals surface area (Å²) in [5, 5.41) is 3.18. The molecule has 0 heterocycles. The van der Waals surface area contributed by atoms with Gasteiger partial charge >= 0.3 is 6.18 Å². The Morgan fingerprint density at radius 3 is 2.50 bits per heavy atom. The Hall–Kier alpha value is -1.11. The third-order valence-electron chi connectivity index (χ3n) is 2.64. The minimum Gasteiger partial charge on any atom is -0.380 e. The first-order valence-electron chi connectivity index (χ1n) is 6.44. The van der Waals surface area contributed by atoms with Crippen LogP contribution in [0, 0.1) is 0 Å². The number of ether oxygens (including phenoxy) is 2. The molecule has 0 aliphatic carbocycles. The second-order valence-corrected chi connectivity index (χ2v) is 4.40. The van der Waals surface area contributed by atoms with Crippen LogP contribution in [0.3, 0.4) is 0 Å². The van der Waals surface area contributed by atoms with Gasteiger partial charge in [0.25, 0.3) is 0 Å². The van der Waals surface area contributed by atoms with Crippen LogP contribution in [0.5, 0.6) is 0 Å². The lowest BCUT2D eigenvalue weighted by Gasteiger charge is -2.10. The van der Waals surface area contributed by atoms with Gasteiger partial charge in [-0.3, -0.25) is 0 Å². The fourth-order valence-corrected chi connectivity index (χ4v) is 1.74. The van der Waals surface area contributed by atoms with E-state index in [4.69, 9.17) is 4.74 Å². The van der Waals surface area contributed by atoms with Crippen LogP contribution in [-0.2, 0) is 22.6 Å². The van der Waals surface area contributed by atoms with Crippen molar-refractivity contribution < 1.29 is 22.6 Å². The molecule has 0 fully saturated rings. The lowest BCUT2D eigenvalue weighted by atomic mass is 10.1. The first kappa shape index (κ1) is 16.9. The van der Waals surface area contributed by atoms with Crippen LogP contribution in [0.1, 0.15) is 17.5 Å². The highest BCUT2D eigenvalue weighted by Crippen LogP contribution is 2.14.